The molecule has 0 aliphatic rings. The first-order valence-corrected chi connectivity index (χ1v) is 6.36. The van der Waals surface area contributed by atoms with Crippen LogP contribution in [0.25, 0.3) is 0 Å². The zero-order valence-corrected chi connectivity index (χ0v) is 10.2. The summed E-state index contributed by atoms with van der Waals surface area (Å²) in [5.41, 5.74) is -0.247. The molecule has 0 spiro atoms. The van der Waals surface area contributed by atoms with Crippen molar-refractivity contribution in [1.29, 1.82) is 0 Å². The second kappa shape index (κ2) is 4.62. The number of phenols is 1. The van der Waals surface area contributed by atoms with Gasteiger partial charge in [0.1, 0.15) is 5.75 Å². The van der Waals surface area contributed by atoms with Gasteiger partial charge in [-0.25, -0.2) is 13.2 Å². The molecule has 3 N–H and O–H groups in total. The highest BCUT2D eigenvalue weighted by molar-refractivity contribution is 7.93. The third-order valence-corrected chi connectivity index (χ3v) is 3.86. The predicted molar refractivity (Wildman–Crippen MR) is 62.7 cm³/mol. The second-order valence-corrected chi connectivity index (χ2v) is 5.97. The molecule has 0 bridgehead atoms. The van der Waals surface area contributed by atoms with Crippen molar-refractivity contribution in [1.82, 2.24) is 0 Å². The summed E-state index contributed by atoms with van der Waals surface area (Å²) >= 11 is 0. The third kappa shape index (κ3) is 3.10. The Morgan fingerprint density at radius 2 is 1.94 bits per heavy atom. The van der Waals surface area contributed by atoms with Gasteiger partial charge < -0.3 is 10.2 Å². The molecule has 0 saturated carbocycles. The summed E-state index contributed by atoms with van der Waals surface area (Å²) in [4.78, 5) is 10.7. The number of sulfonamides is 1. The van der Waals surface area contributed by atoms with Gasteiger partial charge in [0.2, 0.25) is 10.0 Å². The Balaban J connectivity index is 3.15. The number of anilines is 1. The van der Waals surface area contributed by atoms with Gasteiger partial charge in [-0.15, -0.1) is 0 Å². The number of aromatic carboxylic acids is 1. The minimum absolute atomic E-state index is 0.107. The Labute approximate surface area is 99.0 Å². The number of carboxylic acid groups (broad SMARTS) is 1. The Kier molecular flexibility index (Phi) is 3.62. The lowest BCUT2D eigenvalue weighted by Crippen LogP contribution is -2.22. The molecule has 0 heterocycles. The van der Waals surface area contributed by atoms with E-state index in [4.69, 9.17) is 5.11 Å². The van der Waals surface area contributed by atoms with Crippen molar-refractivity contribution in [2.75, 3.05) is 4.72 Å². The van der Waals surface area contributed by atoms with E-state index in [9.17, 15) is 18.3 Å². The van der Waals surface area contributed by atoms with Crippen molar-refractivity contribution < 1.29 is 23.4 Å². The van der Waals surface area contributed by atoms with Crippen molar-refractivity contribution in [2.24, 2.45) is 0 Å². The molecule has 17 heavy (non-hydrogen) atoms. The molecule has 1 rings (SSSR count). The Morgan fingerprint density at radius 1 is 1.35 bits per heavy atom. The summed E-state index contributed by atoms with van der Waals surface area (Å²) < 4.78 is 25.3. The molecule has 0 radical (unpaired) electrons. The Bertz CT molecular complexity index is 536. The van der Waals surface area contributed by atoms with Gasteiger partial charge in [0.05, 0.1) is 16.5 Å². The van der Waals surface area contributed by atoms with Gasteiger partial charge >= 0.3 is 5.97 Å². The Hall–Kier alpha value is -1.76. The molecule has 0 aromatic heterocycles. The van der Waals surface area contributed by atoms with Crippen LogP contribution in [-0.2, 0) is 10.0 Å². The zero-order valence-electron chi connectivity index (χ0n) is 9.34. The van der Waals surface area contributed by atoms with Crippen LogP contribution in [0, 0.1) is 0 Å². The summed E-state index contributed by atoms with van der Waals surface area (Å²) in [5.74, 6) is -1.52. The molecule has 0 amide bonds. The van der Waals surface area contributed by atoms with E-state index in [-0.39, 0.29) is 17.0 Å². The number of phenolic OH excluding ortho intramolecular Hbond substituents is 1. The number of nitrogens with one attached hydrogen (secondary N) is 1. The van der Waals surface area contributed by atoms with Crippen LogP contribution in [0.1, 0.15) is 24.2 Å². The average Bonchev–Trinajstić information content (AvgIpc) is 2.20. The maximum atomic E-state index is 11.6. The van der Waals surface area contributed by atoms with Gasteiger partial charge in [-0.3, -0.25) is 4.72 Å². The molecule has 1 aromatic rings. The number of benzene rings is 1. The van der Waals surface area contributed by atoms with Crippen molar-refractivity contribution in [3.63, 3.8) is 0 Å². The molecule has 94 valence electrons. The van der Waals surface area contributed by atoms with E-state index in [1.54, 1.807) is 0 Å². The van der Waals surface area contributed by atoms with E-state index in [1.165, 1.54) is 19.9 Å². The van der Waals surface area contributed by atoms with Crippen LogP contribution in [-0.4, -0.2) is 29.9 Å². The van der Waals surface area contributed by atoms with Crippen LogP contribution in [0.2, 0.25) is 0 Å². The zero-order chi connectivity index (χ0) is 13.2. The van der Waals surface area contributed by atoms with Crippen LogP contribution in [0.3, 0.4) is 0 Å². The number of carboxylic acids is 1. The molecular weight excluding hydrogens is 246 g/mol. The first kappa shape index (κ1) is 13.3. The van der Waals surface area contributed by atoms with E-state index in [1.807, 2.05) is 0 Å². The molecule has 0 aliphatic heterocycles. The van der Waals surface area contributed by atoms with Gasteiger partial charge in [-0.2, -0.15) is 0 Å². The minimum Gasteiger partial charge on any atom is -0.506 e. The van der Waals surface area contributed by atoms with Crippen molar-refractivity contribution in [3.8, 4) is 5.75 Å². The topological polar surface area (TPSA) is 104 Å². The summed E-state index contributed by atoms with van der Waals surface area (Å²) in [7, 11) is -3.62. The fraction of sp³-hybridized carbons (Fsp3) is 0.300. The second-order valence-electron chi connectivity index (χ2n) is 3.73. The highest BCUT2D eigenvalue weighted by Gasteiger charge is 2.18. The lowest BCUT2D eigenvalue weighted by molar-refractivity contribution is 0.0697. The van der Waals surface area contributed by atoms with E-state index in [2.05, 4.69) is 4.72 Å². The molecule has 0 aliphatic carbocycles. The summed E-state index contributed by atoms with van der Waals surface area (Å²) in [6.07, 6.45) is 0. The highest BCUT2D eigenvalue weighted by atomic mass is 32.2. The number of rotatable bonds is 4. The van der Waals surface area contributed by atoms with Crippen molar-refractivity contribution >= 4 is 21.7 Å². The van der Waals surface area contributed by atoms with E-state index < -0.39 is 21.2 Å². The quantitative estimate of drug-likeness (QED) is 0.706. The summed E-state index contributed by atoms with van der Waals surface area (Å²) in [5, 5.41) is 17.5. The predicted octanol–water partition coefficient (Wildman–Crippen LogP) is 1.24. The van der Waals surface area contributed by atoms with Gasteiger partial charge in [0, 0.05) is 0 Å². The largest absolute Gasteiger partial charge is 0.506 e. The molecule has 0 unspecified atom stereocenters. The number of carbonyl (C=O) groups is 1. The Morgan fingerprint density at radius 3 is 2.41 bits per heavy atom. The fourth-order valence-electron chi connectivity index (χ4n) is 1.02. The first-order valence-electron chi connectivity index (χ1n) is 4.82. The smallest absolute Gasteiger partial charge is 0.335 e. The van der Waals surface area contributed by atoms with Gasteiger partial charge in [0.25, 0.3) is 0 Å². The lowest BCUT2D eigenvalue weighted by Gasteiger charge is -2.12. The maximum Gasteiger partial charge on any atom is 0.335 e. The molecule has 0 saturated heterocycles. The number of hydrogen-bond acceptors (Lipinski definition) is 4. The SMILES string of the molecule is CC(C)S(=O)(=O)Nc1cc(C(=O)O)ccc1O. The summed E-state index contributed by atoms with van der Waals surface area (Å²) in [6, 6.07) is 3.38. The van der Waals surface area contributed by atoms with Crippen LogP contribution in [0.5, 0.6) is 5.75 Å². The number of hydrogen-bond donors (Lipinski definition) is 3. The molecule has 0 fully saturated rings. The van der Waals surface area contributed by atoms with Crippen molar-refractivity contribution in [3.05, 3.63) is 23.8 Å². The molecular formula is C10H13NO5S. The van der Waals surface area contributed by atoms with Gasteiger partial charge in [-0.1, -0.05) is 0 Å². The first-order chi connectivity index (χ1) is 7.74. The van der Waals surface area contributed by atoms with Gasteiger partial charge in [0.15, 0.2) is 0 Å². The minimum atomic E-state index is -3.62. The summed E-state index contributed by atoms with van der Waals surface area (Å²) in [6.45, 7) is 2.95. The van der Waals surface area contributed by atoms with Crippen LogP contribution in [0.15, 0.2) is 18.2 Å². The van der Waals surface area contributed by atoms with Crippen LogP contribution >= 0.6 is 0 Å². The maximum absolute atomic E-state index is 11.6. The van der Waals surface area contributed by atoms with Crippen molar-refractivity contribution in [2.45, 2.75) is 19.1 Å². The van der Waals surface area contributed by atoms with E-state index in [0.717, 1.165) is 12.1 Å². The van der Waals surface area contributed by atoms with E-state index >= 15 is 0 Å². The third-order valence-electron chi connectivity index (χ3n) is 2.12. The molecule has 6 nitrogen and oxygen atoms in total. The molecule has 7 heteroatoms. The average molecular weight is 259 g/mol. The standard InChI is InChI=1S/C10H13NO5S/c1-6(2)17(15,16)11-8-5-7(10(13)14)3-4-9(8)12/h3-6,11-12H,1-2H3,(H,13,14). The highest BCUT2D eigenvalue weighted by Crippen LogP contribution is 2.26. The van der Waals surface area contributed by atoms with Crippen LogP contribution in [0.4, 0.5) is 5.69 Å². The molecule has 0 atom stereocenters. The monoisotopic (exact) mass is 259 g/mol. The number of aromatic hydroxyl groups is 1. The molecule has 1 aromatic carbocycles. The van der Waals surface area contributed by atoms with Gasteiger partial charge in [-0.05, 0) is 32.0 Å². The normalized spacial score (nSPS) is 11.5. The van der Waals surface area contributed by atoms with E-state index in [0.29, 0.717) is 0 Å². The lowest BCUT2D eigenvalue weighted by atomic mass is 10.2. The fourth-order valence-corrected chi connectivity index (χ4v) is 1.73. The van der Waals surface area contributed by atoms with Crippen LogP contribution < -0.4 is 4.72 Å².